The molecule has 25 heavy (non-hydrogen) atoms. The van der Waals surface area contributed by atoms with Crippen LogP contribution in [0.4, 0.5) is 10.5 Å². The van der Waals surface area contributed by atoms with Crippen molar-refractivity contribution in [1.82, 2.24) is 10.2 Å². The van der Waals surface area contributed by atoms with Gasteiger partial charge in [0.1, 0.15) is 0 Å². The normalized spacial score (nSPS) is 18.1. The molecule has 0 saturated carbocycles. The van der Waals surface area contributed by atoms with Crippen LogP contribution in [0, 0.1) is 6.92 Å². The lowest BCUT2D eigenvalue weighted by molar-refractivity contribution is -0.129. The van der Waals surface area contributed by atoms with E-state index < -0.39 is 0 Å². The Balaban J connectivity index is 1.57. The molecule has 5 heteroatoms. The van der Waals surface area contributed by atoms with Crippen LogP contribution in [0.15, 0.2) is 54.6 Å². The van der Waals surface area contributed by atoms with Gasteiger partial charge < -0.3 is 15.5 Å². The van der Waals surface area contributed by atoms with Gasteiger partial charge in [0.2, 0.25) is 5.91 Å². The van der Waals surface area contributed by atoms with Gasteiger partial charge in [0.25, 0.3) is 0 Å². The Morgan fingerprint density at radius 2 is 1.80 bits per heavy atom. The van der Waals surface area contributed by atoms with Crippen LogP contribution in [0.3, 0.4) is 0 Å². The Kier molecular flexibility index (Phi) is 5.03. The maximum Gasteiger partial charge on any atom is 0.319 e. The number of amides is 3. The van der Waals surface area contributed by atoms with E-state index in [2.05, 4.69) is 10.6 Å². The third kappa shape index (κ3) is 4.18. The molecule has 0 bridgehead atoms. The van der Waals surface area contributed by atoms with Gasteiger partial charge in [-0.25, -0.2) is 4.79 Å². The van der Waals surface area contributed by atoms with Crippen LogP contribution in [-0.2, 0) is 4.79 Å². The lowest BCUT2D eigenvalue weighted by Gasteiger charge is -2.25. The molecule has 1 heterocycles. The van der Waals surface area contributed by atoms with E-state index in [4.69, 9.17) is 0 Å². The summed E-state index contributed by atoms with van der Waals surface area (Å²) >= 11 is 0. The van der Waals surface area contributed by atoms with Gasteiger partial charge in [0.15, 0.2) is 0 Å². The molecule has 3 rings (SSSR count). The number of hydrogen-bond donors (Lipinski definition) is 2. The highest BCUT2D eigenvalue weighted by Gasteiger charge is 2.33. The third-order valence-electron chi connectivity index (χ3n) is 4.55. The second-order valence-corrected chi connectivity index (χ2v) is 6.50. The largest absolute Gasteiger partial charge is 0.334 e. The molecule has 1 aliphatic heterocycles. The summed E-state index contributed by atoms with van der Waals surface area (Å²) in [4.78, 5) is 26.3. The van der Waals surface area contributed by atoms with E-state index in [0.29, 0.717) is 13.0 Å². The van der Waals surface area contributed by atoms with Crippen LogP contribution >= 0.6 is 0 Å². The van der Waals surface area contributed by atoms with E-state index in [-0.39, 0.29) is 24.0 Å². The molecule has 2 aromatic rings. The molecular formula is C20H23N3O2. The highest BCUT2D eigenvalue weighted by atomic mass is 16.2. The van der Waals surface area contributed by atoms with Crippen LogP contribution in [0.2, 0.25) is 0 Å². The lowest BCUT2D eigenvalue weighted by Crippen LogP contribution is -2.40. The summed E-state index contributed by atoms with van der Waals surface area (Å²) in [5.74, 6) is 0.0667. The monoisotopic (exact) mass is 337 g/mol. The number of nitrogens with zero attached hydrogens (tertiary/aromatic N) is 1. The first-order valence-electron chi connectivity index (χ1n) is 8.51. The summed E-state index contributed by atoms with van der Waals surface area (Å²) in [6, 6.07) is 17.1. The summed E-state index contributed by atoms with van der Waals surface area (Å²) in [6.45, 7) is 4.54. The fourth-order valence-corrected chi connectivity index (χ4v) is 3.10. The molecule has 2 N–H and O–H groups in total. The fraction of sp³-hybridized carbons (Fsp3) is 0.300. The molecular weight excluding hydrogens is 314 g/mol. The predicted octanol–water partition coefficient (Wildman–Crippen LogP) is 3.48. The van der Waals surface area contributed by atoms with Crippen molar-refractivity contribution in [3.05, 3.63) is 65.7 Å². The summed E-state index contributed by atoms with van der Waals surface area (Å²) in [5.41, 5.74) is 2.97. The molecule has 1 fully saturated rings. The summed E-state index contributed by atoms with van der Waals surface area (Å²) in [5, 5.41) is 5.70. The number of carbonyl (C=O) groups is 2. The van der Waals surface area contributed by atoms with Gasteiger partial charge in [0.05, 0.1) is 12.1 Å². The molecule has 2 aromatic carbocycles. The molecule has 1 aliphatic rings. The fourth-order valence-electron chi connectivity index (χ4n) is 3.10. The standard InChI is InChI=1S/C20H23N3O2/c1-14-8-10-17(11-9-14)21-20(25)22-18-12-19(24)23(13-18)15(2)16-6-4-3-5-7-16/h3-11,15,18H,12-13H2,1-2H3,(H2,21,22,25). The van der Waals surface area contributed by atoms with Gasteiger partial charge in [-0.05, 0) is 31.5 Å². The zero-order valence-corrected chi connectivity index (χ0v) is 14.5. The second kappa shape index (κ2) is 7.38. The molecule has 130 valence electrons. The van der Waals surface area contributed by atoms with Crippen LogP contribution < -0.4 is 10.6 Å². The van der Waals surface area contributed by atoms with Gasteiger partial charge in [-0.3, -0.25) is 4.79 Å². The summed E-state index contributed by atoms with van der Waals surface area (Å²) < 4.78 is 0. The van der Waals surface area contributed by atoms with E-state index in [9.17, 15) is 9.59 Å². The van der Waals surface area contributed by atoms with Crippen molar-refractivity contribution in [2.24, 2.45) is 0 Å². The highest BCUT2D eigenvalue weighted by molar-refractivity contribution is 5.90. The van der Waals surface area contributed by atoms with Crippen molar-refractivity contribution in [3.63, 3.8) is 0 Å². The van der Waals surface area contributed by atoms with Crippen molar-refractivity contribution in [2.45, 2.75) is 32.4 Å². The molecule has 0 aliphatic carbocycles. The number of carbonyl (C=O) groups excluding carboxylic acids is 2. The zero-order chi connectivity index (χ0) is 17.8. The van der Waals surface area contributed by atoms with Crippen molar-refractivity contribution in [1.29, 1.82) is 0 Å². The van der Waals surface area contributed by atoms with Gasteiger partial charge >= 0.3 is 6.03 Å². The molecule has 0 spiro atoms. The topological polar surface area (TPSA) is 61.4 Å². The molecule has 2 unspecified atom stereocenters. The lowest BCUT2D eigenvalue weighted by atomic mass is 10.1. The molecule has 1 saturated heterocycles. The van der Waals surface area contributed by atoms with E-state index >= 15 is 0 Å². The van der Waals surface area contributed by atoms with Crippen LogP contribution in [-0.4, -0.2) is 29.4 Å². The van der Waals surface area contributed by atoms with E-state index in [1.165, 1.54) is 0 Å². The van der Waals surface area contributed by atoms with E-state index in [1.54, 1.807) is 0 Å². The summed E-state index contributed by atoms with van der Waals surface area (Å²) in [7, 11) is 0. The highest BCUT2D eigenvalue weighted by Crippen LogP contribution is 2.25. The van der Waals surface area contributed by atoms with Crippen LogP contribution in [0.1, 0.15) is 30.5 Å². The zero-order valence-electron chi connectivity index (χ0n) is 14.5. The molecule has 5 nitrogen and oxygen atoms in total. The van der Waals surface area contributed by atoms with Crippen molar-refractivity contribution in [3.8, 4) is 0 Å². The van der Waals surface area contributed by atoms with Crippen molar-refractivity contribution >= 4 is 17.6 Å². The maximum atomic E-state index is 12.3. The number of hydrogen-bond acceptors (Lipinski definition) is 2. The first kappa shape index (κ1) is 17.0. The number of aryl methyl sites for hydroxylation is 1. The Labute approximate surface area is 148 Å². The summed E-state index contributed by atoms with van der Waals surface area (Å²) in [6.07, 6.45) is 0.332. The van der Waals surface area contributed by atoms with Crippen molar-refractivity contribution in [2.75, 3.05) is 11.9 Å². The first-order valence-corrected chi connectivity index (χ1v) is 8.51. The molecule has 2 atom stereocenters. The van der Waals surface area contributed by atoms with Gasteiger partial charge in [-0.15, -0.1) is 0 Å². The third-order valence-corrected chi connectivity index (χ3v) is 4.55. The molecule has 0 radical (unpaired) electrons. The SMILES string of the molecule is Cc1ccc(NC(=O)NC2CC(=O)N(C(C)c3ccccc3)C2)cc1. The smallest absolute Gasteiger partial charge is 0.319 e. The molecule has 0 aromatic heterocycles. The second-order valence-electron chi connectivity index (χ2n) is 6.50. The van der Waals surface area contributed by atoms with Crippen LogP contribution in [0.25, 0.3) is 0 Å². The van der Waals surface area contributed by atoms with Gasteiger partial charge in [-0.1, -0.05) is 48.0 Å². The number of nitrogens with one attached hydrogen (secondary N) is 2. The Morgan fingerprint density at radius 3 is 2.48 bits per heavy atom. The average Bonchev–Trinajstić information content (AvgIpc) is 2.97. The average molecular weight is 337 g/mol. The molecule has 3 amide bonds. The van der Waals surface area contributed by atoms with E-state index in [1.807, 2.05) is 73.3 Å². The minimum absolute atomic E-state index is 0.000611. The van der Waals surface area contributed by atoms with Gasteiger partial charge in [-0.2, -0.15) is 0 Å². The van der Waals surface area contributed by atoms with Crippen LogP contribution in [0.5, 0.6) is 0 Å². The minimum atomic E-state index is -0.282. The number of urea groups is 1. The van der Waals surface area contributed by atoms with Gasteiger partial charge in [0, 0.05) is 18.7 Å². The Bertz CT molecular complexity index is 743. The predicted molar refractivity (Wildman–Crippen MR) is 98.3 cm³/mol. The van der Waals surface area contributed by atoms with Crippen molar-refractivity contribution < 1.29 is 9.59 Å². The number of anilines is 1. The quantitative estimate of drug-likeness (QED) is 0.897. The number of rotatable bonds is 4. The first-order chi connectivity index (χ1) is 12.0. The maximum absolute atomic E-state index is 12.3. The number of likely N-dealkylation sites (tertiary alicyclic amines) is 1. The Morgan fingerprint density at radius 1 is 1.12 bits per heavy atom. The minimum Gasteiger partial charge on any atom is -0.334 e. The number of benzene rings is 2. The van der Waals surface area contributed by atoms with E-state index in [0.717, 1.165) is 16.8 Å². The Hall–Kier alpha value is -2.82.